The van der Waals surface area contributed by atoms with Crippen molar-refractivity contribution in [2.75, 3.05) is 28.3 Å². The number of ether oxygens (including phenoxy) is 3. The highest BCUT2D eigenvalue weighted by Gasteiger charge is 2.63. The molecule has 0 spiro atoms. The molecule has 0 radical (unpaired) electrons. The van der Waals surface area contributed by atoms with E-state index in [1.54, 1.807) is 14.1 Å². The molecule has 11 heteroatoms. The minimum atomic E-state index is -2.67. The van der Waals surface area contributed by atoms with Crippen molar-refractivity contribution in [3.05, 3.63) is 40.4 Å². The van der Waals surface area contributed by atoms with E-state index in [0.29, 0.717) is 5.75 Å². The van der Waals surface area contributed by atoms with Crippen molar-refractivity contribution in [1.29, 1.82) is 0 Å². The number of fused-ring (bicyclic) bond motifs is 3. The SMILES string of the molecule is COc1cc(OC)c2c(c1)OC1CC3C(N(C)C)C(O)=C(C(N)=O)C(=O)C3(O)C(O)=C1C2=O. The number of nitrogens with two attached hydrogens (primary N) is 1. The number of likely N-dealkylation sites (N-methyl/N-ethyl adjacent to an activating group) is 1. The van der Waals surface area contributed by atoms with E-state index in [9.17, 15) is 29.7 Å². The van der Waals surface area contributed by atoms with E-state index < -0.39 is 58.2 Å². The van der Waals surface area contributed by atoms with Crippen LogP contribution in [0.25, 0.3) is 0 Å². The number of nitrogens with zero attached hydrogens (tertiary/aromatic N) is 1. The van der Waals surface area contributed by atoms with Gasteiger partial charge >= 0.3 is 0 Å². The number of carbonyl (C=O) groups is 3. The summed E-state index contributed by atoms with van der Waals surface area (Å²) >= 11 is 0. The van der Waals surface area contributed by atoms with Crippen LogP contribution >= 0.6 is 0 Å². The fraction of sp³-hybridized carbons (Fsp3) is 0.409. The average molecular weight is 460 g/mol. The lowest BCUT2D eigenvalue weighted by molar-refractivity contribution is -0.149. The number of hydrogen-bond acceptors (Lipinski definition) is 10. The second kappa shape index (κ2) is 7.49. The fourth-order valence-electron chi connectivity index (χ4n) is 4.98. The maximum atomic E-state index is 13.5. The predicted octanol–water partition coefficient (Wildman–Crippen LogP) is 0.0209. The molecule has 4 unspecified atom stereocenters. The molecule has 176 valence electrons. The first kappa shape index (κ1) is 22.6. The normalized spacial score (nSPS) is 28.7. The number of rotatable bonds is 4. The molecule has 5 N–H and O–H groups in total. The molecule has 4 rings (SSSR count). The first-order valence-electron chi connectivity index (χ1n) is 10.1. The van der Waals surface area contributed by atoms with Gasteiger partial charge in [0.1, 0.15) is 46.0 Å². The number of hydrogen-bond donors (Lipinski definition) is 4. The standard InChI is InChI=1S/C22H24N2O9/c1-24(2)16-9-7-12-14(19(27)22(9,30)20(28)15(18(16)26)21(23)29)17(25)13-10(32-4)5-8(31-3)6-11(13)33-12/h5-6,9,12,16,26-27,30H,7H2,1-4H3,(H2,23,29). The lowest BCUT2D eigenvalue weighted by Gasteiger charge is -2.49. The molecule has 11 nitrogen and oxygen atoms in total. The Morgan fingerprint density at radius 3 is 2.42 bits per heavy atom. The van der Waals surface area contributed by atoms with E-state index >= 15 is 0 Å². The monoisotopic (exact) mass is 460 g/mol. The molecule has 0 aromatic heterocycles. The van der Waals surface area contributed by atoms with Crippen molar-refractivity contribution >= 4 is 17.5 Å². The van der Waals surface area contributed by atoms with E-state index in [2.05, 4.69) is 0 Å². The van der Waals surface area contributed by atoms with Crippen LogP contribution in [-0.4, -0.2) is 83.8 Å². The van der Waals surface area contributed by atoms with E-state index in [0.717, 1.165) is 0 Å². The van der Waals surface area contributed by atoms with Crippen LogP contribution in [0.1, 0.15) is 16.8 Å². The number of primary amides is 1. The van der Waals surface area contributed by atoms with Gasteiger partial charge in [-0.05, 0) is 20.5 Å². The molecule has 0 bridgehead atoms. The first-order chi connectivity index (χ1) is 15.5. The Kier molecular flexibility index (Phi) is 5.14. The van der Waals surface area contributed by atoms with E-state index in [1.807, 2.05) is 0 Å². The van der Waals surface area contributed by atoms with Crippen molar-refractivity contribution in [3.63, 3.8) is 0 Å². The van der Waals surface area contributed by atoms with Gasteiger partial charge in [0, 0.05) is 18.1 Å². The smallest absolute Gasteiger partial charge is 0.255 e. The van der Waals surface area contributed by atoms with Gasteiger partial charge in [0.05, 0.1) is 25.8 Å². The predicted molar refractivity (Wildman–Crippen MR) is 112 cm³/mol. The van der Waals surface area contributed by atoms with Gasteiger partial charge < -0.3 is 35.3 Å². The Morgan fingerprint density at radius 1 is 1.21 bits per heavy atom. The summed E-state index contributed by atoms with van der Waals surface area (Å²) < 4.78 is 16.5. The lowest BCUT2D eigenvalue weighted by Crippen LogP contribution is -2.64. The second-order valence-corrected chi connectivity index (χ2v) is 8.37. The van der Waals surface area contributed by atoms with Crippen LogP contribution in [0.3, 0.4) is 0 Å². The molecular formula is C22H24N2O9. The molecule has 0 fully saturated rings. The second-order valence-electron chi connectivity index (χ2n) is 8.37. The number of Topliss-reactive ketones (excluding diaryl/α,β-unsaturated/α-hetero) is 2. The third kappa shape index (κ3) is 2.92. The molecule has 1 aromatic rings. The van der Waals surface area contributed by atoms with Gasteiger partial charge in [0.2, 0.25) is 11.6 Å². The average Bonchev–Trinajstić information content (AvgIpc) is 2.74. The highest BCUT2D eigenvalue weighted by atomic mass is 16.5. The topological polar surface area (TPSA) is 169 Å². The van der Waals surface area contributed by atoms with Crippen LogP contribution in [0.2, 0.25) is 0 Å². The fourth-order valence-corrected chi connectivity index (χ4v) is 4.98. The summed E-state index contributed by atoms with van der Waals surface area (Å²) in [5.41, 5.74) is 1.45. The molecule has 1 amide bonds. The zero-order valence-electron chi connectivity index (χ0n) is 18.4. The third-order valence-electron chi connectivity index (χ3n) is 6.47. The molecule has 3 aliphatic rings. The van der Waals surface area contributed by atoms with Gasteiger partial charge in [-0.15, -0.1) is 0 Å². The number of aliphatic hydroxyl groups excluding tert-OH is 2. The summed E-state index contributed by atoms with van der Waals surface area (Å²) in [6, 6.07) is 1.87. The van der Waals surface area contributed by atoms with Crippen LogP contribution in [0.15, 0.2) is 34.8 Å². The van der Waals surface area contributed by atoms with Crippen molar-refractivity contribution in [3.8, 4) is 17.2 Å². The summed E-state index contributed by atoms with van der Waals surface area (Å²) in [4.78, 5) is 40.1. The molecule has 2 aliphatic carbocycles. The lowest BCUT2D eigenvalue weighted by atomic mass is 9.62. The van der Waals surface area contributed by atoms with Crippen LogP contribution in [0.5, 0.6) is 17.2 Å². The zero-order valence-corrected chi connectivity index (χ0v) is 18.4. The zero-order chi connectivity index (χ0) is 24.4. The number of amides is 1. The Balaban J connectivity index is 1.96. The molecule has 1 aliphatic heterocycles. The molecule has 0 saturated carbocycles. The van der Waals surface area contributed by atoms with Crippen LogP contribution in [0, 0.1) is 5.92 Å². The summed E-state index contributed by atoms with van der Waals surface area (Å²) in [5.74, 6) is -5.34. The van der Waals surface area contributed by atoms with Gasteiger partial charge in [0.25, 0.3) is 5.91 Å². The summed E-state index contributed by atoms with van der Waals surface area (Å²) in [6.45, 7) is 0. The highest BCUT2D eigenvalue weighted by Crippen LogP contribution is 2.51. The minimum Gasteiger partial charge on any atom is -0.510 e. The molecular weight excluding hydrogens is 436 g/mol. The van der Waals surface area contributed by atoms with Crippen LogP contribution in [0.4, 0.5) is 0 Å². The van der Waals surface area contributed by atoms with Crippen molar-refractivity contribution < 1.29 is 43.9 Å². The largest absolute Gasteiger partial charge is 0.510 e. The minimum absolute atomic E-state index is 0.0147. The number of ketones is 2. The molecule has 4 atom stereocenters. The van der Waals surface area contributed by atoms with Crippen molar-refractivity contribution in [2.45, 2.75) is 24.2 Å². The third-order valence-corrected chi connectivity index (χ3v) is 6.47. The maximum absolute atomic E-state index is 13.5. The van der Waals surface area contributed by atoms with Crippen molar-refractivity contribution in [1.82, 2.24) is 4.90 Å². The van der Waals surface area contributed by atoms with Gasteiger partial charge in [0.15, 0.2) is 5.60 Å². The Labute approximate surface area is 188 Å². The first-order valence-corrected chi connectivity index (χ1v) is 10.1. The van der Waals surface area contributed by atoms with Gasteiger partial charge in [-0.25, -0.2) is 0 Å². The quantitative estimate of drug-likeness (QED) is 0.449. The summed E-state index contributed by atoms with van der Waals surface area (Å²) in [7, 11) is 5.89. The maximum Gasteiger partial charge on any atom is 0.255 e. The number of benzene rings is 1. The summed E-state index contributed by atoms with van der Waals surface area (Å²) in [6.07, 6.45) is -1.18. The Morgan fingerprint density at radius 2 is 1.88 bits per heavy atom. The van der Waals surface area contributed by atoms with Crippen LogP contribution in [-0.2, 0) is 9.59 Å². The van der Waals surface area contributed by atoms with Gasteiger partial charge in [-0.1, -0.05) is 0 Å². The van der Waals surface area contributed by atoms with E-state index in [1.165, 1.54) is 31.3 Å². The Hall–Kier alpha value is -3.57. The molecule has 33 heavy (non-hydrogen) atoms. The molecule has 1 heterocycles. The Bertz CT molecular complexity index is 1150. The highest BCUT2D eigenvalue weighted by molar-refractivity contribution is 6.25. The number of aliphatic hydroxyl groups is 3. The molecule has 1 aromatic carbocycles. The number of methoxy groups -OCH3 is 2. The van der Waals surface area contributed by atoms with Crippen LogP contribution < -0.4 is 19.9 Å². The van der Waals surface area contributed by atoms with E-state index in [4.69, 9.17) is 19.9 Å². The van der Waals surface area contributed by atoms with Crippen molar-refractivity contribution in [2.24, 2.45) is 11.7 Å². The van der Waals surface area contributed by atoms with Gasteiger partial charge in [-0.2, -0.15) is 0 Å². The molecule has 0 saturated heterocycles. The van der Waals surface area contributed by atoms with Gasteiger partial charge in [-0.3, -0.25) is 19.3 Å². The summed E-state index contributed by atoms with van der Waals surface area (Å²) in [5, 5.41) is 33.3. The van der Waals surface area contributed by atoms with E-state index in [-0.39, 0.29) is 29.1 Å². The number of carbonyl (C=O) groups excluding carboxylic acids is 3.